The Morgan fingerprint density at radius 3 is 2.50 bits per heavy atom. The van der Waals surface area contributed by atoms with Gasteiger partial charge in [-0.25, -0.2) is 14.4 Å². The van der Waals surface area contributed by atoms with E-state index in [-0.39, 0.29) is 23.9 Å². The van der Waals surface area contributed by atoms with Crippen molar-refractivity contribution in [3.63, 3.8) is 0 Å². The van der Waals surface area contributed by atoms with Gasteiger partial charge in [-0.2, -0.15) is 0 Å². The highest BCUT2D eigenvalue weighted by Crippen LogP contribution is 2.32. The van der Waals surface area contributed by atoms with E-state index in [1.54, 1.807) is 18.3 Å². The molecule has 5 aromatic rings. The number of halogens is 1. The summed E-state index contributed by atoms with van der Waals surface area (Å²) in [5.41, 5.74) is 10.4. The van der Waals surface area contributed by atoms with Crippen LogP contribution in [-0.2, 0) is 6.54 Å². The molecule has 0 bridgehead atoms. The van der Waals surface area contributed by atoms with Crippen molar-refractivity contribution in [1.82, 2.24) is 20.3 Å². The van der Waals surface area contributed by atoms with Crippen LogP contribution in [0, 0.1) is 5.82 Å². The zero-order valence-electron chi connectivity index (χ0n) is 18.1. The highest BCUT2D eigenvalue weighted by molar-refractivity contribution is 5.98. The molecule has 0 radical (unpaired) electrons. The molecule has 3 aromatic carbocycles. The first kappa shape index (κ1) is 21.2. The fourth-order valence-electron chi connectivity index (χ4n) is 3.75. The molecule has 3 N–H and O–H groups in total. The lowest BCUT2D eigenvalue weighted by molar-refractivity contribution is 0.0946. The summed E-state index contributed by atoms with van der Waals surface area (Å²) in [4.78, 5) is 26.6. The maximum absolute atomic E-state index is 13.5. The fraction of sp³-hybridized carbons (Fsp3) is 0.0370. The van der Waals surface area contributed by atoms with Gasteiger partial charge in [0.15, 0.2) is 11.5 Å². The Morgan fingerprint density at radius 2 is 1.68 bits per heavy atom. The van der Waals surface area contributed by atoms with Crippen LogP contribution in [0.3, 0.4) is 0 Å². The number of pyridine rings is 1. The fourth-order valence-corrected chi connectivity index (χ4v) is 3.75. The molecule has 34 heavy (non-hydrogen) atoms. The largest absolute Gasteiger partial charge is 0.382 e. The molecule has 0 aliphatic rings. The Kier molecular flexibility index (Phi) is 5.66. The molecule has 6 nitrogen and oxygen atoms in total. The Bertz CT molecular complexity index is 1500. The van der Waals surface area contributed by atoms with Gasteiger partial charge in [0, 0.05) is 29.3 Å². The summed E-state index contributed by atoms with van der Waals surface area (Å²) in [5.74, 6) is -0.842. The molecule has 1 amide bonds. The van der Waals surface area contributed by atoms with Crippen molar-refractivity contribution in [2.45, 2.75) is 6.54 Å². The third kappa shape index (κ3) is 4.31. The van der Waals surface area contributed by atoms with E-state index in [9.17, 15) is 9.18 Å². The molecule has 0 aliphatic carbocycles. The predicted molar refractivity (Wildman–Crippen MR) is 130 cm³/mol. The van der Waals surface area contributed by atoms with E-state index in [0.717, 1.165) is 22.0 Å². The number of aromatic nitrogens is 3. The molecule has 2 heterocycles. The minimum atomic E-state index is -0.488. The standard InChI is InChI=1S/C27H20FN5O/c28-21-10-4-6-17(14-21)16-31-27(34)25-26(29)33-23(18-7-2-1-3-8-18)24(32-25)20-11-12-22-19(15-20)9-5-13-30-22/h1-15H,16H2,(H2,29,33)(H,31,34). The smallest absolute Gasteiger partial charge is 0.274 e. The monoisotopic (exact) mass is 449 g/mol. The van der Waals surface area contributed by atoms with Gasteiger partial charge in [0.1, 0.15) is 5.82 Å². The molecule has 0 aliphatic heterocycles. The molecule has 0 spiro atoms. The molecule has 0 unspecified atom stereocenters. The van der Waals surface area contributed by atoms with Gasteiger partial charge in [-0.1, -0.05) is 54.6 Å². The number of carbonyl (C=O) groups is 1. The number of anilines is 1. The quantitative estimate of drug-likeness (QED) is 0.393. The Hall–Kier alpha value is -4.65. The number of nitrogens with zero attached hydrogens (tertiary/aromatic N) is 3. The van der Waals surface area contributed by atoms with Crippen LogP contribution < -0.4 is 11.1 Å². The maximum Gasteiger partial charge on any atom is 0.274 e. The first-order valence-electron chi connectivity index (χ1n) is 10.7. The number of benzene rings is 3. The Balaban J connectivity index is 1.57. The highest BCUT2D eigenvalue weighted by atomic mass is 19.1. The molecule has 7 heteroatoms. The lowest BCUT2D eigenvalue weighted by Crippen LogP contribution is -2.26. The third-order valence-electron chi connectivity index (χ3n) is 5.40. The van der Waals surface area contributed by atoms with Crippen LogP contribution in [0.25, 0.3) is 33.4 Å². The molecule has 5 rings (SSSR count). The van der Waals surface area contributed by atoms with Crippen LogP contribution in [0.4, 0.5) is 10.2 Å². The van der Waals surface area contributed by atoms with E-state index in [2.05, 4.69) is 20.3 Å². The van der Waals surface area contributed by atoms with E-state index >= 15 is 0 Å². The number of nitrogen functional groups attached to an aromatic ring is 1. The lowest BCUT2D eigenvalue weighted by atomic mass is 10.0. The minimum absolute atomic E-state index is 0.0115. The van der Waals surface area contributed by atoms with Gasteiger partial charge < -0.3 is 11.1 Å². The van der Waals surface area contributed by atoms with Crippen LogP contribution in [0.5, 0.6) is 0 Å². The number of hydrogen-bond donors (Lipinski definition) is 2. The minimum Gasteiger partial charge on any atom is -0.382 e. The Labute approximate surface area is 195 Å². The second-order valence-electron chi connectivity index (χ2n) is 7.74. The summed E-state index contributed by atoms with van der Waals surface area (Å²) in [6.45, 7) is 0.134. The normalized spacial score (nSPS) is 10.9. The van der Waals surface area contributed by atoms with Gasteiger partial charge in [-0.15, -0.1) is 0 Å². The summed E-state index contributed by atoms with van der Waals surface area (Å²) in [6.07, 6.45) is 1.74. The number of fused-ring (bicyclic) bond motifs is 1. The number of carbonyl (C=O) groups excluding carboxylic acids is 1. The van der Waals surface area contributed by atoms with Crippen LogP contribution in [-0.4, -0.2) is 20.9 Å². The Morgan fingerprint density at radius 1 is 0.853 bits per heavy atom. The van der Waals surface area contributed by atoms with Crippen molar-refractivity contribution >= 4 is 22.6 Å². The molecule has 0 fully saturated rings. The van der Waals surface area contributed by atoms with Gasteiger partial charge >= 0.3 is 0 Å². The van der Waals surface area contributed by atoms with Crippen LogP contribution in [0.1, 0.15) is 16.1 Å². The average Bonchev–Trinajstić information content (AvgIpc) is 2.87. The molecular formula is C27H20FN5O. The van der Waals surface area contributed by atoms with Crippen molar-refractivity contribution < 1.29 is 9.18 Å². The summed E-state index contributed by atoms with van der Waals surface area (Å²) in [6, 6.07) is 25.2. The molecule has 0 saturated carbocycles. The van der Waals surface area contributed by atoms with Gasteiger partial charge in [0.25, 0.3) is 5.91 Å². The second kappa shape index (κ2) is 9.07. The van der Waals surface area contributed by atoms with Crippen molar-refractivity contribution in [3.8, 4) is 22.5 Å². The van der Waals surface area contributed by atoms with E-state index in [4.69, 9.17) is 5.73 Å². The molecular weight excluding hydrogens is 429 g/mol. The maximum atomic E-state index is 13.5. The van der Waals surface area contributed by atoms with Crippen LogP contribution in [0.15, 0.2) is 91.1 Å². The topological polar surface area (TPSA) is 93.8 Å². The summed E-state index contributed by atoms with van der Waals surface area (Å²) in [5, 5.41) is 3.69. The highest BCUT2D eigenvalue weighted by Gasteiger charge is 2.20. The average molecular weight is 449 g/mol. The SMILES string of the molecule is Nc1nc(-c2ccccc2)c(-c2ccc3ncccc3c2)nc1C(=O)NCc1cccc(F)c1. The number of rotatable bonds is 5. The predicted octanol–water partition coefficient (Wildman–Crippen LogP) is 5.01. The number of nitrogens with one attached hydrogen (secondary N) is 1. The van der Waals surface area contributed by atoms with Crippen molar-refractivity contribution in [3.05, 3.63) is 108 Å². The van der Waals surface area contributed by atoms with E-state index < -0.39 is 5.91 Å². The summed E-state index contributed by atoms with van der Waals surface area (Å²) < 4.78 is 13.5. The summed E-state index contributed by atoms with van der Waals surface area (Å²) >= 11 is 0. The number of hydrogen-bond acceptors (Lipinski definition) is 5. The number of nitrogens with two attached hydrogens (primary N) is 1. The zero-order valence-corrected chi connectivity index (χ0v) is 18.1. The molecule has 2 aromatic heterocycles. The molecule has 0 atom stereocenters. The third-order valence-corrected chi connectivity index (χ3v) is 5.40. The lowest BCUT2D eigenvalue weighted by Gasteiger charge is -2.14. The molecule has 166 valence electrons. The van der Waals surface area contributed by atoms with Crippen LogP contribution in [0.2, 0.25) is 0 Å². The first-order valence-corrected chi connectivity index (χ1v) is 10.7. The first-order chi connectivity index (χ1) is 16.6. The van der Waals surface area contributed by atoms with Crippen molar-refractivity contribution in [2.24, 2.45) is 0 Å². The van der Waals surface area contributed by atoms with Gasteiger partial charge in [0.05, 0.1) is 16.9 Å². The van der Waals surface area contributed by atoms with E-state index in [1.165, 1.54) is 12.1 Å². The van der Waals surface area contributed by atoms with Crippen molar-refractivity contribution in [2.75, 3.05) is 5.73 Å². The van der Waals surface area contributed by atoms with Gasteiger partial charge in [0.2, 0.25) is 0 Å². The second-order valence-corrected chi connectivity index (χ2v) is 7.74. The van der Waals surface area contributed by atoms with Gasteiger partial charge in [-0.3, -0.25) is 9.78 Å². The van der Waals surface area contributed by atoms with Gasteiger partial charge in [-0.05, 0) is 35.9 Å². The number of amides is 1. The van der Waals surface area contributed by atoms with E-state index in [1.807, 2.05) is 60.7 Å². The zero-order chi connectivity index (χ0) is 23.5. The van der Waals surface area contributed by atoms with Crippen LogP contribution >= 0.6 is 0 Å². The van der Waals surface area contributed by atoms with E-state index in [0.29, 0.717) is 17.0 Å². The molecule has 0 saturated heterocycles. The summed E-state index contributed by atoms with van der Waals surface area (Å²) in [7, 11) is 0. The van der Waals surface area contributed by atoms with Crippen molar-refractivity contribution in [1.29, 1.82) is 0 Å².